The molecule has 0 saturated carbocycles. The molecule has 0 unspecified atom stereocenters. The summed E-state index contributed by atoms with van der Waals surface area (Å²) in [4.78, 5) is 15.8. The molecular formula is C25H26N6O. The number of aryl methyl sites for hydroxylation is 2. The van der Waals surface area contributed by atoms with E-state index in [9.17, 15) is 0 Å². The van der Waals surface area contributed by atoms with Gasteiger partial charge in [0.15, 0.2) is 0 Å². The minimum Gasteiger partial charge on any atom is -0.497 e. The van der Waals surface area contributed by atoms with Gasteiger partial charge in [-0.2, -0.15) is 4.98 Å². The molecular weight excluding hydrogens is 400 g/mol. The summed E-state index contributed by atoms with van der Waals surface area (Å²) >= 11 is 0. The predicted molar refractivity (Wildman–Crippen MR) is 130 cm³/mol. The Morgan fingerprint density at radius 3 is 2.81 bits per heavy atom. The second-order valence-electron chi connectivity index (χ2n) is 8.01. The van der Waals surface area contributed by atoms with Crippen LogP contribution in [0.1, 0.15) is 16.8 Å². The number of aromatic nitrogens is 4. The zero-order valence-electron chi connectivity index (χ0n) is 18.4. The highest BCUT2D eigenvalue weighted by atomic mass is 16.5. The fourth-order valence-electron chi connectivity index (χ4n) is 3.95. The molecule has 0 spiro atoms. The van der Waals surface area contributed by atoms with E-state index in [1.165, 1.54) is 16.3 Å². The zero-order valence-corrected chi connectivity index (χ0v) is 18.4. The van der Waals surface area contributed by atoms with E-state index in [1.54, 1.807) is 7.11 Å². The van der Waals surface area contributed by atoms with Gasteiger partial charge in [0.2, 0.25) is 5.95 Å². The van der Waals surface area contributed by atoms with Gasteiger partial charge in [0.25, 0.3) is 0 Å². The summed E-state index contributed by atoms with van der Waals surface area (Å²) in [6.45, 7) is 4.80. The topological polar surface area (TPSA) is 90.7 Å². The second kappa shape index (κ2) is 8.26. The Labute approximate surface area is 186 Å². The number of nitrogens with zero attached hydrogens (tertiary/aromatic N) is 2. The third kappa shape index (κ3) is 3.97. The minimum absolute atomic E-state index is 0.609. The smallest absolute Gasteiger partial charge is 0.224 e. The quantitative estimate of drug-likeness (QED) is 0.277. The number of nitrogens with one attached hydrogen (secondary N) is 4. The number of anilines is 3. The lowest BCUT2D eigenvalue weighted by Crippen LogP contribution is -2.09. The highest BCUT2D eigenvalue weighted by Crippen LogP contribution is 2.25. The van der Waals surface area contributed by atoms with Gasteiger partial charge < -0.3 is 25.3 Å². The summed E-state index contributed by atoms with van der Waals surface area (Å²) < 4.78 is 5.30. The SMILES string of the molecule is COc1ccc2c(CCNc3ncc(C)c(Nc4ccc5[nH]c(C)cc5c4)n3)c[nH]c2c1. The molecule has 0 aliphatic carbocycles. The van der Waals surface area contributed by atoms with Crippen LogP contribution in [-0.4, -0.2) is 33.6 Å². The van der Waals surface area contributed by atoms with Gasteiger partial charge in [0.1, 0.15) is 11.6 Å². The van der Waals surface area contributed by atoms with Gasteiger partial charge in [0, 0.05) is 63.8 Å². The number of ether oxygens (including phenoxy) is 1. The summed E-state index contributed by atoms with van der Waals surface area (Å²) in [5.41, 5.74) is 6.59. The van der Waals surface area contributed by atoms with Crippen LogP contribution in [0.2, 0.25) is 0 Å². The Bertz CT molecular complexity index is 1400. The molecule has 3 aromatic heterocycles. The first-order valence-corrected chi connectivity index (χ1v) is 10.7. The Kier molecular flexibility index (Phi) is 5.15. The predicted octanol–water partition coefficient (Wildman–Crippen LogP) is 5.46. The maximum absolute atomic E-state index is 5.30. The molecule has 3 heterocycles. The molecule has 0 radical (unpaired) electrons. The second-order valence-corrected chi connectivity index (χ2v) is 8.01. The molecule has 0 bridgehead atoms. The first-order valence-electron chi connectivity index (χ1n) is 10.7. The lowest BCUT2D eigenvalue weighted by molar-refractivity contribution is 0.415. The molecule has 0 aliphatic heterocycles. The average molecular weight is 427 g/mol. The number of fused-ring (bicyclic) bond motifs is 2. The number of benzene rings is 2. The van der Waals surface area contributed by atoms with Gasteiger partial charge in [0.05, 0.1) is 7.11 Å². The Morgan fingerprint density at radius 2 is 1.94 bits per heavy atom. The van der Waals surface area contributed by atoms with Crippen molar-refractivity contribution in [2.24, 2.45) is 0 Å². The van der Waals surface area contributed by atoms with Crippen LogP contribution in [0.25, 0.3) is 21.8 Å². The number of hydrogen-bond acceptors (Lipinski definition) is 5. The maximum Gasteiger partial charge on any atom is 0.224 e. The number of methoxy groups -OCH3 is 1. The lowest BCUT2D eigenvalue weighted by atomic mass is 10.1. The van der Waals surface area contributed by atoms with Crippen LogP contribution >= 0.6 is 0 Å². The Morgan fingerprint density at radius 1 is 1.03 bits per heavy atom. The fraction of sp³-hybridized carbons (Fsp3) is 0.200. The molecule has 162 valence electrons. The van der Waals surface area contributed by atoms with Crippen LogP contribution in [0.3, 0.4) is 0 Å². The average Bonchev–Trinajstić information content (AvgIpc) is 3.37. The third-order valence-corrected chi connectivity index (χ3v) is 5.64. The fourth-order valence-corrected chi connectivity index (χ4v) is 3.95. The zero-order chi connectivity index (χ0) is 22.1. The van der Waals surface area contributed by atoms with Gasteiger partial charge in [-0.1, -0.05) is 0 Å². The molecule has 0 amide bonds. The van der Waals surface area contributed by atoms with E-state index in [0.29, 0.717) is 5.95 Å². The van der Waals surface area contributed by atoms with Crippen LogP contribution in [-0.2, 0) is 6.42 Å². The van der Waals surface area contributed by atoms with Gasteiger partial charge in [-0.05, 0) is 62.2 Å². The first kappa shape index (κ1) is 19.9. The number of hydrogen-bond donors (Lipinski definition) is 4. The molecule has 5 aromatic rings. The van der Waals surface area contributed by atoms with E-state index in [4.69, 9.17) is 9.72 Å². The van der Waals surface area contributed by atoms with Crippen molar-refractivity contribution in [1.29, 1.82) is 0 Å². The molecule has 0 aliphatic rings. The largest absolute Gasteiger partial charge is 0.497 e. The van der Waals surface area contributed by atoms with E-state index in [-0.39, 0.29) is 0 Å². The van der Waals surface area contributed by atoms with E-state index >= 15 is 0 Å². The summed E-state index contributed by atoms with van der Waals surface area (Å²) in [6.07, 6.45) is 4.75. The van der Waals surface area contributed by atoms with Crippen LogP contribution in [0.4, 0.5) is 17.5 Å². The molecule has 0 fully saturated rings. The van der Waals surface area contributed by atoms with Gasteiger partial charge in [-0.3, -0.25) is 0 Å². The molecule has 7 nitrogen and oxygen atoms in total. The third-order valence-electron chi connectivity index (χ3n) is 5.64. The Hall–Kier alpha value is -4.00. The van der Waals surface area contributed by atoms with Gasteiger partial charge in [-0.25, -0.2) is 4.98 Å². The van der Waals surface area contributed by atoms with Crippen molar-refractivity contribution in [3.05, 3.63) is 71.7 Å². The molecule has 2 aromatic carbocycles. The molecule has 4 N–H and O–H groups in total. The van der Waals surface area contributed by atoms with Crippen molar-refractivity contribution in [3.63, 3.8) is 0 Å². The highest BCUT2D eigenvalue weighted by molar-refractivity contribution is 5.85. The summed E-state index contributed by atoms with van der Waals surface area (Å²) in [5, 5.41) is 9.16. The first-order chi connectivity index (χ1) is 15.6. The van der Waals surface area contributed by atoms with Crippen LogP contribution < -0.4 is 15.4 Å². The van der Waals surface area contributed by atoms with E-state index in [1.807, 2.05) is 31.5 Å². The number of aromatic amines is 2. The molecule has 0 saturated heterocycles. The van der Waals surface area contributed by atoms with Crippen LogP contribution in [0.15, 0.2) is 54.9 Å². The van der Waals surface area contributed by atoms with Gasteiger partial charge >= 0.3 is 0 Å². The van der Waals surface area contributed by atoms with Crippen LogP contribution in [0.5, 0.6) is 5.75 Å². The minimum atomic E-state index is 0.609. The van der Waals surface area contributed by atoms with E-state index in [0.717, 1.165) is 52.5 Å². The number of H-pyrrole nitrogens is 2. The lowest BCUT2D eigenvalue weighted by Gasteiger charge is -2.11. The van der Waals surface area contributed by atoms with Gasteiger partial charge in [-0.15, -0.1) is 0 Å². The number of rotatable bonds is 7. The summed E-state index contributed by atoms with van der Waals surface area (Å²) in [6, 6.07) is 14.5. The van der Waals surface area contributed by atoms with Crippen molar-refractivity contribution in [3.8, 4) is 5.75 Å². The summed E-state index contributed by atoms with van der Waals surface area (Å²) in [7, 11) is 1.68. The van der Waals surface area contributed by atoms with Crippen molar-refractivity contribution in [2.75, 3.05) is 24.3 Å². The van der Waals surface area contributed by atoms with Crippen molar-refractivity contribution >= 4 is 39.3 Å². The highest BCUT2D eigenvalue weighted by Gasteiger charge is 2.08. The van der Waals surface area contributed by atoms with Crippen molar-refractivity contribution in [2.45, 2.75) is 20.3 Å². The van der Waals surface area contributed by atoms with Crippen LogP contribution in [0, 0.1) is 13.8 Å². The molecule has 32 heavy (non-hydrogen) atoms. The standard InChI is InChI=1S/C25H26N6O/c1-15-13-28-25(26-9-8-17-14-27-23-12-20(32-3)5-6-21(17)23)31-24(15)30-19-4-7-22-18(11-19)10-16(2)29-22/h4-7,10-14,27,29H,8-9H2,1-3H3,(H2,26,28,30,31). The summed E-state index contributed by atoms with van der Waals surface area (Å²) in [5.74, 6) is 2.26. The molecule has 7 heteroatoms. The van der Waals surface area contributed by atoms with E-state index < -0.39 is 0 Å². The van der Waals surface area contributed by atoms with Crippen molar-refractivity contribution < 1.29 is 4.74 Å². The van der Waals surface area contributed by atoms with E-state index in [2.05, 4.69) is 62.8 Å². The molecule has 0 atom stereocenters. The normalized spacial score (nSPS) is 11.2. The monoisotopic (exact) mass is 426 g/mol. The van der Waals surface area contributed by atoms with Crippen molar-refractivity contribution in [1.82, 2.24) is 19.9 Å². The molecule has 5 rings (SSSR count). The Balaban J connectivity index is 1.27. The maximum atomic E-state index is 5.30.